The van der Waals surface area contributed by atoms with E-state index in [9.17, 15) is 9.90 Å². The Hall–Kier alpha value is -1.96. The molecule has 8 heteroatoms. The van der Waals surface area contributed by atoms with Crippen molar-refractivity contribution in [3.05, 3.63) is 23.5 Å². The third-order valence-corrected chi connectivity index (χ3v) is 3.65. The van der Waals surface area contributed by atoms with E-state index in [4.69, 9.17) is 19.6 Å². The Morgan fingerprint density at radius 3 is 2.64 bits per heavy atom. The number of amides is 1. The van der Waals surface area contributed by atoms with E-state index in [2.05, 4.69) is 5.32 Å². The zero-order chi connectivity index (χ0) is 17.9. The van der Waals surface area contributed by atoms with Crippen molar-refractivity contribution < 1.29 is 23.8 Å². The molecule has 0 radical (unpaired) electrons. The Bertz CT molecular complexity index is 729. The number of nitrogens with two attached hydrogens (primary N) is 1. The first kappa shape index (κ1) is 21.1. The lowest BCUT2D eigenvalue weighted by Crippen LogP contribution is -2.35. The number of aliphatic hydroxyl groups is 1. The minimum absolute atomic E-state index is 0. The Labute approximate surface area is 152 Å². The quantitative estimate of drug-likeness (QED) is 0.654. The number of aryl methyl sites for hydroxylation is 1. The number of carbonyl (C=O) groups excluding carboxylic acids is 1. The molecule has 1 atom stereocenters. The van der Waals surface area contributed by atoms with E-state index in [0.717, 1.165) is 5.39 Å². The van der Waals surface area contributed by atoms with Gasteiger partial charge in [0.2, 0.25) is 5.75 Å². The van der Waals surface area contributed by atoms with Crippen LogP contribution < -0.4 is 20.5 Å². The largest absolute Gasteiger partial charge is 0.493 e. The molecule has 2 rings (SSSR count). The number of hydrogen-bond acceptors (Lipinski definition) is 6. The molecule has 25 heavy (non-hydrogen) atoms. The van der Waals surface area contributed by atoms with Crippen molar-refractivity contribution in [2.24, 2.45) is 5.73 Å². The van der Waals surface area contributed by atoms with Crippen LogP contribution in [0, 0.1) is 6.92 Å². The smallest absolute Gasteiger partial charge is 0.284 e. The highest BCUT2D eigenvalue weighted by Gasteiger charge is 2.21. The molecule has 7 nitrogen and oxygen atoms in total. The summed E-state index contributed by atoms with van der Waals surface area (Å²) in [5.41, 5.74) is 6.36. The monoisotopic (exact) mass is 372 g/mol. The normalized spacial score (nSPS) is 12.1. The van der Waals surface area contributed by atoms with E-state index in [1.165, 1.54) is 7.11 Å². The van der Waals surface area contributed by atoms with Crippen LogP contribution in [0.5, 0.6) is 11.5 Å². The van der Waals surface area contributed by atoms with Crippen LogP contribution in [0.4, 0.5) is 0 Å². The van der Waals surface area contributed by atoms with Crippen LogP contribution in [0.15, 0.2) is 16.5 Å². The predicted octanol–water partition coefficient (Wildman–Crippen LogP) is 2.01. The number of halogens is 1. The Balaban J connectivity index is 0.00000312. The molecule has 0 saturated carbocycles. The molecule has 0 saturated heterocycles. The first-order valence-electron chi connectivity index (χ1n) is 7.79. The molecule has 1 aromatic carbocycles. The van der Waals surface area contributed by atoms with Crippen LogP contribution >= 0.6 is 12.4 Å². The third-order valence-electron chi connectivity index (χ3n) is 3.65. The molecule has 1 amide bonds. The van der Waals surface area contributed by atoms with Crippen LogP contribution in [-0.4, -0.2) is 43.4 Å². The summed E-state index contributed by atoms with van der Waals surface area (Å²) in [6.45, 7) is 6.20. The number of rotatable bonds is 8. The van der Waals surface area contributed by atoms with Gasteiger partial charge < -0.3 is 30.0 Å². The highest BCUT2D eigenvalue weighted by Crippen LogP contribution is 2.39. The Morgan fingerprint density at radius 2 is 2.08 bits per heavy atom. The fourth-order valence-electron chi connectivity index (χ4n) is 2.38. The number of hydrogen-bond donors (Lipinski definition) is 3. The van der Waals surface area contributed by atoms with E-state index in [1.54, 1.807) is 19.1 Å². The van der Waals surface area contributed by atoms with Gasteiger partial charge in [0.25, 0.3) is 5.91 Å². The van der Waals surface area contributed by atoms with E-state index in [0.29, 0.717) is 29.2 Å². The summed E-state index contributed by atoms with van der Waals surface area (Å²) in [6, 6.07) is 3.77. The molecule has 1 unspecified atom stereocenters. The van der Waals surface area contributed by atoms with E-state index in [1.807, 2.05) is 13.8 Å². The first-order chi connectivity index (χ1) is 11.3. The number of methoxy groups -OCH3 is 1. The fourth-order valence-corrected chi connectivity index (χ4v) is 2.38. The van der Waals surface area contributed by atoms with Crippen LogP contribution in [0.3, 0.4) is 0 Å². The summed E-state index contributed by atoms with van der Waals surface area (Å²) >= 11 is 0. The fraction of sp³-hybridized carbons (Fsp3) is 0.471. The van der Waals surface area contributed by atoms with Gasteiger partial charge in [-0.3, -0.25) is 4.79 Å². The number of primary amides is 1. The number of aliphatic hydroxyl groups excluding tert-OH is 1. The van der Waals surface area contributed by atoms with E-state index in [-0.39, 0.29) is 30.8 Å². The van der Waals surface area contributed by atoms with Crippen LogP contribution in [-0.2, 0) is 0 Å². The van der Waals surface area contributed by atoms with Gasteiger partial charge in [-0.25, -0.2) is 0 Å². The lowest BCUT2D eigenvalue weighted by atomic mass is 10.1. The zero-order valence-corrected chi connectivity index (χ0v) is 15.6. The van der Waals surface area contributed by atoms with Crippen molar-refractivity contribution >= 4 is 29.3 Å². The maximum Gasteiger partial charge on any atom is 0.284 e. The maximum absolute atomic E-state index is 11.5. The second-order valence-electron chi connectivity index (χ2n) is 5.92. The van der Waals surface area contributed by atoms with Crippen LogP contribution in [0.1, 0.15) is 30.0 Å². The van der Waals surface area contributed by atoms with E-state index < -0.39 is 12.0 Å². The first-order valence-corrected chi connectivity index (χ1v) is 7.79. The van der Waals surface area contributed by atoms with Crippen molar-refractivity contribution in [2.75, 3.05) is 20.3 Å². The Kier molecular flexibility index (Phi) is 7.54. The average molecular weight is 373 g/mol. The van der Waals surface area contributed by atoms with Crippen molar-refractivity contribution in [2.45, 2.75) is 32.9 Å². The number of fused-ring (bicyclic) bond motifs is 1. The second-order valence-corrected chi connectivity index (χ2v) is 5.92. The van der Waals surface area contributed by atoms with Gasteiger partial charge in [0, 0.05) is 23.5 Å². The summed E-state index contributed by atoms with van der Waals surface area (Å²) in [6.07, 6.45) is -0.695. The molecule has 140 valence electrons. The molecule has 1 aromatic heterocycles. The molecule has 0 bridgehead atoms. The van der Waals surface area contributed by atoms with Gasteiger partial charge in [-0.15, -0.1) is 12.4 Å². The number of ether oxygens (including phenoxy) is 2. The number of benzene rings is 1. The van der Waals surface area contributed by atoms with Gasteiger partial charge in [-0.2, -0.15) is 0 Å². The highest BCUT2D eigenvalue weighted by atomic mass is 35.5. The number of furan rings is 1. The van der Waals surface area contributed by atoms with Crippen molar-refractivity contribution in [1.29, 1.82) is 0 Å². The van der Waals surface area contributed by atoms with E-state index >= 15 is 0 Å². The van der Waals surface area contributed by atoms with Gasteiger partial charge in [0.05, 0.1) is 7.11 Å². The van der Waals surface area contributed by atoms with Gasteiger partial charge in [-0.05, 0) is 19.1 Å². The average Bonchev–Trinajstić information content (AvgIpc) is 2.88. The van der Waals surface area contributed by atoms with Gasteiger partial charge in [-0.1, -0.05) is 13.8 Å². The van der Waals surface area contributed by atoms with Crippen molar-refractivity contribution in [1.82, 2.24) is 5.32 Å². The van der Waals surface area contributed by atoms with Gasteiger partial charge in [0.1, 0.15) is 12.7 Å². The van der Waals surface area contributed by atoms with Crippen molar-refractivity contribution in [3.8, 4) is 11.5 Å². The molecular formula is C17H25ClN2O5. The summed E-state index contributed by atoms with van der Waals surface area (Å²) in [7, 11) is 1.51. The summed E-state index contributed by atoms with van der Waals surface area (Å²) in [5, 5.41) is 13.9. The molecule has 0 spiro atoms. The second kappa shape index (κ2) is 8.94. The lowest BCUT2D eigenvalue weighted by Gasteiger charge is -2.16. The van der Waals surface area contributed by atoms with Gasteiger partial charge in [0.15, 0.2) is 17.1 Å². The molecule has 0 aliphatic carbocycles. The standard InChI is InChI=1S/C17H24N2O5.ClH/c1-9(2)19-7-11(20)8-23-16-13(22-4)6-5-12-10(3)14(17(18)21)24-15(12)16;/h5-6,9,11,19-20H,7-8H2,1-4H3,(H2,18,21);1H. The molecule has 0 aliphatic rings. The number of nitrogens with one attached hydrogen (secondary N) is 1. The molecular weight excluding hydrogens is 348 g/mol. The maximum atomic E-state index is 11.5. The number of carbonyl (C=O) groups is 1. The Morgan fingerprint density at radius 1 is 1.40 bits per heavy atom. The molecule has 2 aromatic rings. The molecule has 0 fully saturated rings. The SMILES string of the molecule is COc1ccc2c(C)c(C(N)=O)oc2c1OCC(O)CNC(C)C.Cl. The summed E-state index contributed by atoms with van der Waals surface area (Å²) < 4.78 is 16.6. The highest BCUT2D eigenvalue weighted by molar-refractivity contribution is 6.00. The van der Waals surface area contributed by atoms with Crippen LogP contribution in [0.25, 0.3) is 11.0 Å². The molecule has 1 heterocycles. The topological polar surface area (TPSA) is 107 Å². The van der Waals surface area contributed by atoms with Gasteiger partial charge >= 0.3 is 0 Å². The molecule has 0 aliphatic heterocycles. The minimum Gasteiger partial charge on any atom is -0.493 e. The third kappa shape index (κ3) is 4.78. The molecule has 4 N–H and O–H groups in total. The summed E-state index contributed by atoms with van der Waals surface area (Å²) in [5.74, 6) is 0.241. The lowest BCUT2D eigenvalue weighted by molar-refractivity contribution is 0.0970. The zero-order valence-electron chi connectivity index (χ0n) is 14.8. The van der Waals surface area contributed by atoms with Crippen LogP contribution in [0.2, 0.25) is 0 Å². The summed E-state index contributed by atoms with van der Waals surface area (Å²) in [4.78, 5) is 11.5. The predicted molar refractivity (Wildman–Crippen MR) is 97.9 cm³/mol. The van der Waals surface area contributed by atoms with Crippen molar-refractivity contribution in [3.63, 3.8) is 0 Å². The minimum atomic E-state index is -0.695.